The second-order valence-corrected chi connectivity index (χ2v) is 6.29. The van der Waals surface area contributed by atoms with Gasteiger partial charge < -0.3 is 10.2 Å². The van der Waals surface area contributed by atoms with Crippen LogP contribution in [0.2, 0.25) is 0 Å². The molecule has 0 aliphatic carbocycles. The van der Waals surface area contributed by atoms with Crippen LogP contribution in [0.3, 0.4) is 0 Å². The zero-order valence-electron chi connectivity index (χ0n) is 11.6. The lowest BCUT2D eigenvalue weighted by atomic mass is 9.98. The summed E-state index contributed by atoms with van der Waals surface area (Å²) in [5.74, 6) is -1.43. The molecule has 0 radical (unpaired) electrons. The zero-order chi connectivity index (χ0) is 15.6. The molecule has 1 aromatic rings. The van der Waals surface area contributed by atoms with Gasteiger partial charge in [-0.1, -0.05) is 13.8 Å². The Bertz CT molecular complexity index is 589. The first kappa shape index (κ1) is 16.6. The molecule has 8 nitrogen and oxygen atoms in total. The highest BCUT2D eigenvalue weighted by molar-refractivity contribution is 7.89. The molecule has 4 N–H and O–H groups in total. The van der Waals surface area contributed by atoms with Crippen molar-refractivity contribution in [3.05, 3.63) is 11.4 Å². The molecule has 0 saturated heterocycles. The van der Waals surface area contributed by atoms with Crippen LogP contribution in [0.5, 0.6) is 0 Å². The lowest BCUT2D eigenvalue weighted by Crippen LogP contribution is -2.42. The van der Waals surface area contributed by atoms with E-state index < -0.39 is 32.2 Å². The minimum absolute atomic E-state index is 0.131. The number of rotatable bonds is 7. The van der Waals surface area contributed by atoms with E-state index in [4.69, 9.17) is 5.11 Å². The number of nitrogens with zero attached hydrogens (tertiary/aromatic N) is 1. The number of aromatic amines is 1. The lowest BCUT2D eigenvalue weighted by molar-refractivity contribution is 0.0377. The van der Waals surface area contributed by atoms with Crippen LogP contribution in [0.25, 0.3) is 0 Å². The van der Waals surface area contributed by atoms with Crippen molar-refractivity contribution in [3.8, 4) is 0 Å². The fourth-order valence-corrected chi connectivity index (χ4v) is 3.13. The maximum absolute atomic E-state index is 12.2. The third kappa shape index (κ3) is 3.35. The van der Waals surface area contributed by atoms with E-state index in [9.17, 15) is 18.3 Å². The van der Waals surface area contributed by atoms with Crippen LogP contribution in [0.4, 0.5) is 0 Å². The van der Waals surface area contributed by atoms with Gasteiger partial charge in [-0.25, -0.2) is 17.9 Å². The van der Waals surface area contributed by atoms with Gasteiger partial charge >= 0.3 is 5.97 Å². The molecule has 9 heteroatoms. The standard InChI is InChI=1S/C11H19N3O5S/c1-4-11(17,5-2)6-12-20(18,19)9-7(3)13-14-8(9)10(15)16/h12,17H,4-6H2,1-3H3,(H,13,14)(H,15,16). The molecule has 0 spiro atoms. The molecule has 114 valence electrons. The van der Waals surface area contributed by atoms with Crippen molar-refractivity contribution in [3.63, 3.8) is 0 Å². The number of carbonyl (C=O) groups is 1. The van der Waals surface area contributed by atoms with E-state index >= 15 is 0 Å². The maximum atomic E-state index is 12.2. The van der Waals surface area contributed by atoms with Gasteiger partial charge in [-0.15, -0.1) is 0 Å². The first-order chi connectivity index (χ1) is 9.17. The smallest absolute Gasteiger partial charge is 0.357 e. The molecular weight excluding hydrogens is 286 g/mol. The number of hydrogen-bond acceptors (Lipinski definition) is 5. The fourth-order valence-electron chi connectivity index (χ4n) is 1.69. The summed E-state index contributed by atoms with van der Waals surface area (Å²) in [6.45, 7) is 4.71. The number of hydrogen-bond donors (Lipinski definition) is 4. The monoisotopic (exact) mass is 305 g/mol. The number of aromatic carboxylic acids is 1. The predicted octanol–water partition coefficient (Wildman–Crippen LogP) is 0.246. The topological polar surface area (TPSA) is 132 Å². The first-order valence-electron chi connectivity index (χ1n) is 6.17. The zero-order valence-corrected chi connectivity index (χ0v) is 12.4. The Morgan fingerprint density at radius 2 is 1.95 bits per heavy atom. The minimum Gasteiger partial charge on any atom is -0.476 e. The molecule has 0 unspecified atom stereocenters. The van der Waals surface area contributed by atoms with Crippen LogP contribution in [0, 0.1) is 6.92 Å². The molecule has 0 aliphatic heterocycles. The number of nitrogens with one attached hydrogen (secondary N) is 2. The maximum Gasteiger partial charge on any atom is 0.357 e. The van der Waals surface area contributed by atoms with Crippen molar-refractivity contribution < 1.29 is 23.4 Å². The highest BCUT2D eigenvalue weighted by Gasteiger charge is 2.31. The van der Waals surface area contributed by atoms with Gasteiger partial charge in [-0.2, -0.15) is 5.10 Å². The molecular formula is C11H19N3O5S. The Morgan fingerprint density at radius 3 is 2.40 bits per heavy atom. The van der Waals surface area contributed by atoms with Crippen LogP contribution in [-0.4, -0.2) is 46.9 Å². The van der Waals surface area contributed by atoms with Gasteiger partial charge in [-0.3, -0.25) is 5.10 Å². The molecule has 1 heterocycles. The van der Waals surface area contributed by atoms with Crippen molar-refractivity contribution in [2.75, 3.05) is 6.54 Å². The Hall–Kier alpha value is -1.45. The van der Waals surface area contributed by atoms with Gasteiger partial charge in [-0.05, 0) is 19.8 Å². The largest absolute Gasteiger partial charge is 0.476 e. The average Bonchev–Trinajstić information content (AvgIpc) is 2.79. The number of carboxylic acids is 1. The molecule has 0 bridgehead atoms. The van der Waals surface area contributed by atoms with Gasteiger partial charge in [0.2, 0.25) is 10.0 Å². The Balaban J connectivity index is 3.07. The molecule has 1 aromatic heterocycles. The van der Waals surface area contributed by atoms with Crippen LogP contribution in [0.1, 0.15) is 42.9 Å². The van der Waals surface area contributed by atoms with Crippen molar-refractivity contribution in [2.24, 2.45) is 0 Å². The van der Waals surface area contributed by atoms with E-state index in [1.807, 2.05) is 0 Å². The molecule has 0 aromatic carbocycles. The fraction of sp³-hybridized carbons (Fsp3) is 0.636. The van der Waals surface area contributed by atoms with E-state index in [0.29, 0.717) is 12.8 Å². The molecule has 0 fully saturated rings. The number of carboxylic acid groups (broad SMARTS) is 1. The molecule has 20 heavy (non-hydrogen) atoms. The van der Waals surface area contributed by atoms with E-state index in [-0.39, 0.29) is 12.2 Å². The van der Waals surface area contributed by atoms with Crippen LogP contribution in [-0.2, 0) is 10.0 Å². The number of aliphatic hydroxyl groups is 1. The SMILES string of the molecule is CCC(O)(CC)CNS(=O)(=O)c1c(C(=O)O)n[nH]c1C. The molecule has 0 aliphatic rings. The van der Waals surface area contributed by atoms with Gasteiger partial charge in [0.15, 0.2) is 5.69 Å². The summed E-state index contributed by atoms with van der Waals surface area (Å²) in [5.41, 5.74) is -1.59. The summed E-state index contributed by atoms with van der Waals surface area (Å²) in [5, 5.41) is 24.8. The normalized spacial score (nSPS) is 12.6. The van der Waals surface area contributed by atoms with E-state index in [2.05, 4.69) is 14.9 Å². The quantitative estimate of drug-likeness (QED) is 0.570. The van der Waals surface area contributed by atoms with E-state index in [1.165, 1.54) is 6.92 Å². The number of aromatic nitrogens is 2. The Morgan fingerprint density at radius 1 is 1.40 bits per heavy atom. The molecule has 1 rings (SSSR count). The third-order valence-corrected chi connectivity index (χ3v) is 4.83. The number of aryl methyl sites for hydroxylation is 1. The van der Waals surface area contributed by atoms with Gasteiger partial charge in [0.25, 0.3) is 0 Å². The third-order valence-electron chi connectivity index (χ3n) is 3.27. The first-order valence-corrected chi connectivity index (χ1v) is 7.65. The summed E-state index contributed by atoms with van der Waals surface area (Å²) < 4.78 is 26.6. The van der Waals surface area contributed by atoms with Crippen molar-refractivity contribution in [1.29, 1.82) is 0 Å². The second-order valence-electron chi connectivity index (χ2n) is 4.59. The molecule has 0 atom stereocenters. The Labute approximate surface area is 117 Å². The minimum atomic E-state index is -4.06. The highest BCUT2D eigenvalue weighted by atomic mass is 32.2. The average molecular weight is 305 g/mol. The summed E-state index contributed by atoms with van der Waals surface area (Å²) >= 11 is 0. The predicted molar refractivity (Wildman–Crippen MR) is 71.0 cm³/mol. The Kier molecular flexibility index (Phi) is 4.90. The second kappa shape index (κ2) is 5.90. The van der Waals surface area contributed by atoms with Crippen molar-refractivity contribution in [1.82, 2.24) is 14.9 Å². The van der Waals surface area contributed by atoms with Gasteiger partial charge in [0, 0.05) is 6.54 Å². The van der Waals surface area contributed by atoms with Crippen molar-refractivity contribution in [2.45, 2.75) is 44.1 Å². The van der Waals surface area contributed by atoms with E-state index in [0.717, 1.165) is 0 Å². The number of H-pyrrole nitrogens is 1. The van der Waals surface area contributed by atoms with Crippen LogP contribution < -0.4 is 4.72 Å². The number of sulfonamides is 1. The van der Waals surface area contributed by atoms with Crippen LogP contribution >= 0.6 is 0 Å². The summed E-state index contributed by atoms with van der Waals surface area (Å²) in [4.78, 5) is 10.6. The lowest BCUT2D eigenvalue weighted by Gasteiger charge is -2.25. The van der Waals surface area contributed by atoms with Crippen molar-refractivity contribution >= 4 is 16.0 Å². The summed E-state index contributed by atoms with van der Waals surface area (Å²) in [6.07, 6.45) is 0.754. The molecule has 0 saturated carbocycles. The summed E-state index contributed by atoms with van der Waals surface area (Å²) in [7, 11) is -4.06. The highest BCUT2D eigenvalue weighted by Crippen LogP contribution is 2.19. The summed E-state index contributed by atoms with van der Waals surface area (Å²) in [6, 6.07) is 0. The van der Waals surface area contributed by atoms with E-state index in [1.54, 1.807) is 13.8 Å². The van der Waals surface area contributed by atoms with Gasteiger partial charge in [0.1, 0.15) is 4.90 Å². The van der Waals surface area contributed by atoms with Gasteiger partial charge in [0.05, 0.1) is 11.3 Å². The van der Waals surface area contributed by atoms with Crippen LogP contribution in [0.15, 0.2) is 4.90 Å². The molecule has 0 amide bonds.